The van der Waals surface area contributed by atoms with Crippen LogP contribution in [0.1, 0.15) is 41.5 Å². The molecule has 0 saturated heterocycles. The molecular weight excluding hydrogens is 422 g/mol. The third kappa shape index (κ3) is 8.74. The lowest BCUT2D eigenvalue weighted by molar-refractivity contribution is 0.0172. The minimum atomic E-state index is -2.09. The van der Waals surface area contributed by atoms with Crippen LogP contribution in [0.5, 0.6) is 11.5 Å². The average Bonchev–Trinajstić information content (AvgIpc) is 2.56. The van der Waals surface area contributed by atoms with Gasteiger partial charge in [0.2, 0.25) is 0 Å². The van der Waals surface area contributed by atoms with E-state index in [1.54, 1.807) is 32.4 Å². The van der Waals surface area contributed by atoms with E-state index in [2.05, 4.69) is 33.9 Å². The standard InChI is InChI=1S/C22H38ClNO5Si/c1-21(2,3)28-20(25)24(7)14-19(29-30(9,10)22(4,5)6)15-27-18-12-16(23)11-17(13-18)26-8/h11-13,19H,14-15H2,1-10H3. The zero-order valence-electron chi connectivity index (χ0n) is 20.1. The van der Waals surface area contributed by atoms with E-state index in [-0.39, 0.29) is 17.7 Å². The number of carbonyl (C=O) groups is 1. The summed E-state index contributed by atoms with van der Waals surface area (Å²) in [6.45, 7) is 17.0. The van der Waals surface area contributed by atoms with E-state index in [9.17, 15) is 4.79 Å². The van der Waals surface area contributed by atoms with Gasteiger partial charge in [-0.05, 0) is 51.0 Å². The third-order valence-electron chi connectivity index (χ3n) is 4.97. The lowest BCUT2D eigenvalue weighted by Crippen LogP contribution is -2.49. The maximum Gasteiger partial charge on any atom is 0.410 e. The Morgan fingerprint density at radius 2 is 1.67 bits per heavy atom. The predicted octanol–water partition coefficient (Wildman–Crippen LogP) is 5.98. The highest BCUT2D eigenvalue weighted by molar-refractivity contribution is 6.74. The Kier molecular flexibility index (Phi) is 9.08. The van der Waals surface area contributed by atoms with Crippen LogP contribution in [0.4, 0.5) is 4.79 Å². The zero-order valence-corrected chi connectivity index (χ0v) is 21.8. The quantitative estimate of drug-likeness (QED) is 0.447. The lowest BCUT2D eigenvalue weighted by Gasteiger charge is -2.40. The zero-order chi connectivity index (χ0) is 23.3. The molecule has 1 rings (SSSR count). The Bertz CT molecular complexity index is 712. The van der Waals surface area contributed by atoms with Crippen LogP contribution in [0.25, 0.3) is 0 Å². The van der Waals surface area contributed by atoms with Gasteiger partial charge in [-0.25, -0.2) is 4.79 Å². The van der Waals surface area contributed by atoms with Crippen molar-refractivity contribution in [3.63, 3.8) is 0 Å². The summed E-state index contributed by atoms with van der Waals surface area (Å²) in [6.07, 6.45) is -0.718. The summed E-state index contributed by atoms with van der Waals surface area (Å²) in [4.78, 5) is 14.0. The normalized spacial score (nSPS) is 13.6. The average molecular weight is 460 g/mol. The van der Waals surface area contributed by atoms with Crippen molar-refractivity contribution in [3.8, 4) is 11.5 Å². The topological polar surface area (TPSA) is 57.2 Å². The Morgan fingerprint density at radius 1 is 1.10 bits per heavy atom. The summed E-state index contributed by atoms with van der Waals surface area (Å²) in [5.74, 6) is 1.20. The molecule has 0 aliphatic rings. The minimum absolute atomic E-state index is 0.0228. The highest BCUT2D eigenvalue weighted by atomic mass is 35.5. The number of rotatable bonds is 8. The molecule has 1 amide bonds. The number of likely N-dealkylation sites (N-methyl/N-ethyl adjacent to an activating group) is 1. The second-order valence-electron chi connectivity index (χ2n) is 10.00. The van der Waals surface area contributed by atoms with Gasteiger partial charge in [-0.1, -0.05) is 32.4 Å². The van der Waals surface area contributed by atoms with Crippen molar-refractivity contribution in [2.75, 3.05) is 27.3 Å². The molecule has 1 aromatic rings. The van der Waals surface area contributed by atoms with Gasteiger partial charge >= 0.3 is 6.09 Å². The molecule has 1 atom stereocenters. The molecule has 0 spiro atoms. The van der Waals surface area contributed by atoms with Gasteiger partial charge in [-0.2, -0.15) is 0 Å². The molecular formula is C22H38ClNO5Si. The van der Waals surface area contributed by atoms with Crippen LogP contribution in [-0.2, 0) is 9.16 Å². The van der Waals surface area contributed by atoms with Crippen molar-refractivity contribution in [2.45, 2.75) is 71.4 Å². The van der Waals surface area contributed by atoms with Crippen LogP contribution < -0.4 is 9.47 Å². The van der Waals surface area contributed by atoms with Gasteiger partial charge in [0, 0.05) is 18.1 Å². The van der Waals surface area contributed by atoms with Gasteiger partial charge in [0.25, 0.3) is 0 Å². The van der Waals surface area contributed by atoms with Crippen molar-refractivity contribution in [2.24, 2.45) is 0 Å². The van der Waals surface area contributed by atoms with Gasteiger partial charge in [0.05, 0.1) is 19.8 Å². The van der Waals surface area contributed by atoms with E-state index < -0.39 is 20.0 Å². The van der Waals surface area contributed by atoms with Crippen molar-refractivity contribution in [1.29, 1.82) is 0 Å². The molecule has 0 aliphatic carbocycles. The number of hydrogen-bond acceptors (Lipinski definition) is 5. The number of hydrogen-bond donors (Lipinski definition) is 0. The predicted molar refractivity (Wildman–Crippen MR) is 124 cm³/mol. The molecule has 0 bridgehead atoms. The number of benzene rings is 1. The fraction of sp³-hybridized carbons (Fsp3) is 0.682. The summed E-state index contributed by atoms with van der Waals surface area (Å²) < 4.78 is 23.3. The molecule has 30 heavy (non-hydrogen) atoms. The lowest BCUT2D eigenvalue weighted by atomic mass is 10.2. The van der Waals surface area contributed by atoms with Crippen molar-refractivity contribution in [1.82, 2.24) is 4.90 Å². The Labute approximate surface area is 187 Å². The number of halogens is 1. The fourth-order valence-corrected chi connectivity index (χ4v) is 3.91. The van der Waals surface area contributed by atoms with Gasteiger partial charge in [-0.15, -0.1) is 0 Å². The van der Waals surface area contributed by atoms with Crippen molar-refractivity contribution in [3.05, 3.63) is 23.2 Å². The van der Waals surface area contributed by atoms with E-state index in [0.717, 1.165) is 0 Å². The monoisotopic (exact) mass is 459 g/mol. The first-order chi connectivity index (χ1) is 13.5. The summed E-state index contributed by atoms with van der Waals surface area (Å²) in [5, 5.41) is 0.548. The molecule has 0 saturated carbocycles. The maximum atomic E-state index is 12.4. The largest absolute Gasteiger partial charge is 0.497 e. The van der Waals surface area contributed by atoms with Crippen LogP contribution in [0.3, 0.4) is 0 Å². The number of nitrogens with zero attached hydrogens (tertiary/aromatic N) is 1. The Hall–Kier alpha value is -1.44. The maximum absolute atomic E-state index is 12.4. The number of methoxy groups -OCH3 is 1. The van der Waals surface area contributed by atoms with Crippen LogP contribution in [0, 0.1) is 0 Å². The molecule has 0 heterocycles. The fourth-order valence-electron chi connectivity index (χ4n) is 2.36. The van der Waals surface area contributed by atoms with E-state index in [0.29, 0.717) is 23.1 Å². The van der Waals surface area contributed by atoms with Crippen LogP contribution in [0.2, 0.25) is 23.2 Å². The van der Waals surface area contributed by atoms with Gasteiger partial charge in [-0.3, -0.25) is 0 Å². The van der Waals surface area contributed by atoms with E-state index >= 15 is 0 Å². The highest BCUT2D eigenvalue weighted by Crippen LogP contribution is 2.37. The summed E-state index contributed by atoms with van der Waals surface area (Å²) in [7, 11) is 1.19. The van der Waals surface area contributed by atoms with Crippen LogP contribution in [-0.4, -0.2) is 58.3 Å². The number of carbonyl (C=O) groups excluding carboxylic acids is 1. The number of amides is 1. The van der Waals surface area contributed by atoms with Crippen molar-refractivity contribution < 1.29 is 23.4 Å². The number of ether oxygens (including phenoxy) is 3. The van der Waals surface area contributed by atoms with Gasteiger partial charge < -0.3 is 23.5 Å². The summed E-state index contributed by atoms with van der Waals surface area (Å²) >= 11 is 6.14. The second kappa shape index (κ2) is 10.2. The molecule has 1 unspecified atom stereocenters. The van der Waals surface area contributed by atoms with E-state index in [1.807, 2.05) is 20.8 Å². The van der Waals surface area contributed by atoms with Crippen molar-refractivity contribution >= 4 is 26.0 Å². The van der Waals surface area contributed by atoms with E-state index in [4.69, 9.17) is 30.2 Å². The molecule has 1 aromatic carbocycles. The van der Waals surface area contributed by atoms with Crippen LogP contribution in [0.15, 0.2) is 18.2 Å². The molecule has 0 aromatic heterocycles. The summed E-state index contributed by atoms with van der Waals surface area (Å²) in [5.41, 5.74) is -0.561. The molecule has 6 nitrogen and oxygen atoms in total. The van der Waals surface area contributed by atoms with E-state index in [1.165, 1.54) is 4.90 Å². The molecule has 0 aliphatic heterocycles. The Balaban J connectivity index is 2.97. The molecule has 0 N–H and O–H groups in total. The molecule has 172 valence electrons. The summed E-state index contributed by atoms with van der Waals surface area (Å²) in [6, 6.07) is 5.21. The van der Waals surface area contributed by atoms with Gasteiger partial charge in [0.1, 0.15) is 23.7 Å². The SMILES string of the molecule is COc1cc(Cl)cc(OCC(CN(C)C(=O)OC(C)(C)C)O[Si](C)(C)C(C)(C)C)c1. The first-order valence-corrected chi connectivity index (χ1v) is 13.4. The smallest absolute Gasteiger partial charge is 0.410 e. The first-order valence-electron chi connectivity index (χ1n) is 10.1. The second-order valence-corrected chi connectivity index (χ2v) is 15.2. The minimum Gasteiger partial charge on any atom is -0.497 e. The molecule has 0 fully saturated rings. The third-order valence-corrected chi connectivity index (χ3v) is 9.72. The Morgan fingerprint density at radius 3 is 2.17 bits per heavy atom. The first kappa shape index (κ1) is 26.6. The molecule has 8 heteroatoms. The molecule has 0 radical (unpaired) electrons. The van der Waals surface area contributed by atoms with Crippen LogP contribution >= 0.6 is 11.6 Å². The highest BCUT2D eigenvalue weighted by Gasteiger charge is 2.40. The van der Waals surface area contributed by atoms with Gasteiger partial charge in [0.15, 0.2) is 8.32 Å².